The topological polar surface area (TPSA) is 17.8 Å². The van der Waals surface area contributed by atoms with Crippen LogP contribution in [0.5, 0.6) is 0 Å². The zero-order chi connectivity index (χ0) is 14.5. The zero-order valence-corrected chi connectivity index (χ0v) is 12.3. The molecule has 0 radical (unpaired) electrons. The van der Waals surface area contributed by atoms with Crippen molar-refractivity contribution in [2.45, 2.75) is 38.6 Å². The fourth-order valence-electron chi connectivity index (χ4n) is 3.00. The van der Waals surface area contributed by atoms with E-state index in [0.29, 0.717) is 23.7 Å². The molecule has 1 aliphatic carbocycles. The molecular weight excluding hydrogens is 282 g/mol. The number of hydrogen-bond acceptors (Lipinski definition) is 1. The summed E-state index contributed by atoms with van der Waals surface area (Å²) < 4.78 is 29.7. The molecule has 1 aliphatic rings. The van der Waals surface area contributed by atoms with Crippen molar-refractivity contribution in [3.05, 3.63) is 29.6 Å². The van der Waals surface area contributed by atoms with E-state index in [0.717, 1.165) is 24.7 Å². The second-order valence-electron chi connectivity index (χ2n) is 5.96. The van der Waals surface area contributed by atoms with Gasteiger partial charge in [0.1, 0.15) is 11.3 Å². The molecule has 1 fully saturated rings. The number of aromatic nitrogens is 2. The highest BCUT2D eigenvalue weighted by Gasteiger charge is 2.41. The van der Waals surface area contributed by atoms with Crippen LogP contribution in [0.2, 0.25) is 0 Å². The number of imidazole rings is 1. The molecule has 108 valence electrons. The normalized spacial score (nSPS) is 16.1. The summed E-state index contributed by atoms with van der Waals surface area (Å²) in [6, 6.07) is 2.66. The van der Waals surface area contributed by atoms with Crippen molar-refractivity contribution in [2.75, 3.05) is 5.88 Å². The summed E-state index contributed by atoms with van der Waals surface area (Å²) in [7, 11) is 0. The van der Waals surface area contributed by atoms with Gasteiger partial charge < -0.3 is 4.57 Å². The largest absolute Gasteiger partial charge is 0.320 e. The van der Waals surface area contributed by atoms with Gasteiger partial charge in [-0.3, -0.25) is 0 Å². The third-order valence-electron chi connectivity index (χ3n) is 4.25. The van der Waals surface area contributed by atoms with Gasteiger partial charge in [-0.2, -0.15) is 0 Å². The average Bonchev–Trinajstić information content (AvgIpc) is 3.17. The van der Waals surface area contributed by atoms with Crippen LogP contribution < -0.4 is 0 Å². The Morgan fingerprint density at radius 2 is 2.05 bits per heavy atom. The lowest BCUT2D eigenvalue weighted by molar-refractivity contribution is 0.302. The Balaban J connectivity index is 2.30. The molecule has 3 rings (SSSR count). The minimum atomic E-state index is -0.831. The highest BCUT2D eigenvalue weighted by molar-refractivity contribution is 6.17. The van der Waals surface area contributed by atoms with Crippen LogP contribution in [0.15, 0.2) is 12.1 Å². The van der Waals surface area contributed by atoms with Gasteiger partial charge in [0.25, 0.3) is 0 Å². The fourth-order valence-corrected chi connectivity index (χ4v) is 3.17. The first-order valence-electron chi connectivity index (χ1n) is 6.88. The van der Waals surface area contributed by atoms with E-state index in [4.69, 9.17) is 11.6 Å². The molecule has 20 heavy (non-hydrogen) atoms. The zero-order valence-electron chi connectivity index (χ0n) is 11.6. The predicted octanol–water partition coefficient (Wildman–Crippen LogP) is 4.24. The summed E-state index contributed by atoms with van der Waals surface area (Å²) >= 11 is 5.83. The molecule has 1 aromatic carbocycles. The number of benzene rings is 1. The fraction of sp³-hybridized carbons (Fsp3) is 0.533. The molecule has 1 heterocycles. The molecule has 1 saturated carbocycles. The summed E-state index contributed by atoms with van der Waals surface area (Å²) in [5.41, 5.74) is 0.491. The molecule has 0 spiro atoms. The second-order valence-corrected chi connectivity index (χ2v) is 6.34. The first-order chi connectivity index (χ1) is 9.46. The third kappa shape index (κ3) is 2.01. The Bertz CT molecular complexity index is 659. The lowest BCUT2D eigenvalue weighted by Gasteiger charge is -2.29. The van der Waals surface area contributed by atoms with Gasteiger partial charge in [-0.1, -0.05) is 0 Å². The van der Waals surface area contributed by atoms with Crippen molar-refractivity contribution >= 4 is 22.6 Å². The van der Waals surface area contributed by atoms with Crippen molar-refractivity contribution in [1.29, 1.82) is 0 Å². The van der Waals surface area contributed by atoms with Gasteiger partial charge in [-0.25, -0.2) is 13.8 Å². The van der Waals surface area contributed by atoms with Crippen molar-refractivity contribution < 1.29 is 8.78 Å². The van der Waals surface area contributed by atoms with Crippen LogP contribution in [0.25, 0.3) is 11.0 Å². The van der Waals surface area contributed by atoms with E-state index in [9.17, 15) is 8.78 Å². The molecule has 0 amide bonds. The Hall–Kier alpha value is -1.16. The van der Waals surface area contributed by atoms with Gasteiger partial charge in [0.05, 0.1) is 5.52 Å². The van der Waals surface area contributed by atoms with E-state index in [1.807, 2.05) is 4.57 Å². The number of hydrogen-bond donors (Lipinski definition) is 0. The highest BCUT2D eigenvalue weighted by Crippen LogP contribution is 2.46. The number of nitrogens with zero attached hydrogens (tertiary/aromatic N) is 2. The van der Waals surface area contributed by atoms with Crippen molar-refractivity contribution in [3.8, 4) is 0 Å². The van der Waals surface area contributed by atoms with Gasteiger partial charge in [-0.05, 0) is 44.7 Å². The van der Waals surface area contributed by atoms with Gasteiger partial charge in [0.2, 0.25) is 0 Å². The summed E-state index contributed by atoms with van der Waals surface area (Å²) in [5, 5.41) is 0. The van der Waals surface area contributed by atoms with Crippen LogP contribution in [-0.2, 0) is 12.0 Å². The van der Waals surface area contributed by atoms with Crippen molar-refractivity contribution in [3.63, 3.8) is 0 Å². The number of rotatable bonds is 4. The van der Waals surface area contributed by atoms with Gasteiger partial charge in [-0.15, -0.1) is 11.6 Å². The first kappa shape index (κ1) is 13.8. The van der Waals surface area contributed by atoms with Crippen LogP contribution >= 0.6 is 11.6 Å². The van der Waals surface area contributed by atoms with E-state index < -0.39 is 11.6 Å². The number of aryl methyl sites for hydroxylation is 1. The van der Waals surface area contributed by atoms with Crippen molar-refractivity contribution in [2.24, 2.45) is 5.92 Å². The average molecular weight is 299 g/mol. The SMILES string of the molecule is CC(C)(C1CC1)n1c(CCCl)nc2ccc(F)c(F)c21. The minimum absolute atomic E-state index is 0.266. The molecule has 1 aromatic heterocycles. The van der Waals surface area contributed by atoms with Crippen LogP contribution in [0.1, 0.15) is 32.5 Å². The van der Waals surface area contributed by atoms with E-state index in [1.54, 1.807) is 0 Å². The number of halogens is 3. The van der Waals surface area contributed by atoms with Gasteiger partial charge >= 0.3 is 0 Å². The smallest absolute Gasteiger partial charge is 0.184 e. The highest BCUT2D eigenvalue weighted by atomic mass is 35.5. The Morgan fingerprint density at radius 1 is 1.35 bits per heavy atom. The maximum Gasteiger partial charge on any atom is 0.184 e. The Labute approximate surface area is 121 Å². The minimum Gasteiger partial charge on any atom is -0.320 e. The predicted molar refractivity (Wildman–Crippen MR) is 76.1 cm³/mol. The van der Waals surface area contributed by atoms with Gasteiger partial charge in [0.15, 0.2) is 11.6 Å². The standard InChI is InChI=1S/C15H17ClF2N2/c1-15(2,9-3-4-9)20-12(7-8-16)19-11-6-5-10(17)13(18)14(11)20/h5-6,9H,3-4,7-8H2,1-2H3. The number of alkyl halides is 1. The van der Waals surface area contributed by atoms with Crippen LogP contribution in [0.3, 0.4) is 0 Å². The van der Waals surface area contributed by atoms with Crippen LogP contribution in [0.4, 0.5) is 8.78 Å². The Morgan fingerprint density at radius 3 is 2.65 bits per heavy atom. The van der Waals surface area contributed by atoms with Crippen molar-refractivity contribution in [1.82, 2.24) is 9.55 Å². The van der Waals surface area contributed by atoms with E-state index in [1.165, 1.54) is 6.07 Å². The molecule has 2 nitrogen and oxygen atoms in total. The molecule has 0 N–H and O–H groups in total. The van der Waals surface area contributed by atoms with E-state index in [2.05, 4.69) is 18.8 Å². The molecule has 0 bridgehead atoms. The maximum absolute atomic E-state index is 14.3. The van der Waals surface area contributed by atoms with E-state index >= 15 is 0 Å². The maximum atomic E-state index is 14.3. The summed E-state index contributed by atoms with van der Waals surface area (Å²) in [6.07, 6.45) is 2.78. The summed E-state index contributed by atoms with van der Waals surface area (Å²) in [6.45, 7) is 4.13. The quantitative estimate of drug-likeness (QED) is 0.772. The number of fused-ring (bicyclic) bond motifs is 1. The molecule has 0 atom stereocenters. The lowest BCUT2D eigenvalue weighted by atomic mass is 9.97. The molecule has 2 aromatic rings. The molecule has 0 unspecified atom stereocenters. The molecule has 0 aliphatic heterocycles. The van der Waals surface area contributed by atoms with E-state index in [-0.39, 0.29) is 11.1 Å². The third-order valence-corrected chi connectivity index (χ3v) is 4.44. The first-order valence-corrected chi connectivity index (χ1v) is 7.42. The van der Waals surface area contributed by atoms with Crippen LogP contribution in [0, 0.1) is 17.6 Å². The second kappa shape index (κ2) is 4.69. The summed E-state index contributed by atoms with van der Waals surface area (Å²) in [4.78, 5) is 4.45. The van der Waals surface area contributed by atoms with Gasteiger partial charge in [0, 0.05) is 17.8 Å². The summed E-state index contributed by atoms with van der Waals surface area (Å²) in [5.74, 6) is -0.0194. The Kier molecular flexibility index (Phi) is 3.24. The molecular formula is C15H17ClF2N2. The molecule has 5 heteroatoms. The van der Waals surface area contributed by atoms with Crippen LogP contribution in [-0.4, -0.2) is 15.4 Å². The monoisotopic (exact) mass is 298 g/mol. The lowest BCUT2D eigenvalue weighted by Crippen LogP contribution is -2.31. The molecule has 0 saturated heterocycles.